The Bertz CT molecular complexity index is 971. The fourth-order valence-corrected chi connectivity index (χ4v) is 4.33. The van der Waals surface area contributed by atoms with E-state index in [1.807, 2.05) is 0 Å². The molecule has 96 valence electrons. The van der Waals surface area contributed by atoms with Crippen LogP contribution in [0.3, 0.4) is 0 Å². The first-order valence-corrected chi connectivity index (χ1v) is 8.02. The van der Waals surface area contributed by atoms with Crippen LogP contribution < -0.4 is 0 Å². The van der Waals surface area contributed by atoms with E-state index in [9.17, 15) is 0 Å². The van der Waals surface area contributed by atoms with Crippen LogP contribution in [0.1, 0.15) is 0 Å². The topological polar surface area (TPSA) is 0 Å². The van der Waals surface area contributed by atoms with Gasteiger partial charge in [-0.1, -0.05) is 80.4 Å². The number of benzene rings is 4. The van der Waals surface area contributed by atoms with Crippen molar-refractivity contribution in [3.8, 4) is 0 Å². The summed E-state index contributed by atoms with van der Waals surface area (Å²) in [6, 6.07) is 21.6. The third-order valence-corrected chi connectivity index (χ3v) is 4.82. The summed E-state index contributed by atoms with van der Waals surface area (Å²) in [5.74, 6) is 0. The summed E-state index contributed by atoms with van der Waals surface area (Å²) in [5.41, 5.74) is 0. The van der Waals surface area contributed by atoms with E-state index in [4.69, 9.17) is 0 Å². The maximum Gasteiger partial charge on any atom is 0.0271 e. The van der Waals surface area contributed by atoms with Gasteiger partial charge < -0.3 is 0 Å². The molecule has 2 heteroatoms. The molecule has 0 aromatic heterocycles. The van der Waals surface area contributed by atoms with E-state index >= 15 is 0 Å². The molecule has 0 unspecified atom stereocenters. The van der Waals surface area contributed by atoms with Crippen molar-refractivity contribution in [1.29, 1.82) is 0 Å². The average Bonchev–Trinajstić information content (AvgIpc) is 2.46. The minimum atomic E-state index is 1.09. The second-order valence-corrected chi connectivity index (χ2v) is 6.71. The molecule has 0 radical (unpaired) electrons. The van der Waals surface area contributed by atoms with Crippen molar-refractivity contribution in [3.05, 3.63) is 69.6 Å². The third kappa shape index (κ3) is 1.79. The molecule has 0 nitrogen and oxygen atoms in total. The van der Waals surface area contributed by atoms with Crippen molar-refractivity contribution in [1.82, 2.24) is 0 Å². The Morgan fingerprint density at radius 3 is 2.15 bits per heavy atom. The van der Waals surface area contributed by atoms with Gasteiger partial charge in [0.05, 0.1) is 0 Å². The van der Waals surface area contributed by atoms with Gasteiger partial charge in [-0.2, -0.15) is 0 Å². The summed E-state index contributed by atoms with van der Waals surface area (Å²) in [5, 5.41) is 7.71. The van der Waals surface area contributed by atoms with Crippen LogP contribution >= 0.6 is 31.9 Å². The van der Waals surface area contributed by atoms with Gasteiger partial charge in [0.25, 0.3) is 0 Å². The monoisotopic (exact) mass is 384 g/mol. The predicted octanol–water partition coefficient (Wildman–Crippen LogP) is 6.67. The Labute approximate surface area is 133 Å². The van der Waals surface area contributed by atoms with E-state index < -0.39 is 0 Å². The van der Waals surface area contributed by atoms with Crippen molar-refractivity contribution in [2.75, 3.05) is 0 Å². The normalized spacial score (nSPS) is 11.5. The molecular weight excluding hydrogens is 376 g/mol. The lowest BCUT2D eigenvalue weighted by atomic mass is 9.96. The molecule has 0 aliphatic carbocycles. The lowest BCUT2D eigenvalue weighted by Crippen LogP contribution is -1.82. The number of halogens is 2. The first-order chi connectivity index (χ1) is 9.74. The molecule has 0 saturated heterocycles. The predicted molar refractivity (Wildman–Crippen MR) is 94.4 cm³/mol. The van der Waals surface area contributed by atoms with Crippen molar-refractivity contribution in [2.45, 2.75) is 0 Å². The zero-order chi connectivity index (χ0) is 13.7. The lowest BCUT2D eigenvalue weighted by Gasteiger charge is -2.10. The van der Waals surface area contributed by atoms with Gasteiger partial charge in [-0.15, -0.1) is 0 Å². The molecule has 4 aromatic rings. The molecule has 0 amide bonds. The average molecular weight is 386 g/mol. The summed E-state index contributed by atoms with van der Waals surface area (Å²) < 4.78 is 2.22. The van der Waals surface area contributed by atoms with Gasteiger partial charge in [0.1, 0.15) is 0 Å². The number of rotatable bonds is 0. The van der Waals surface area contributed by atoms with Crippen LogP contribution in [0.2, 0.25) is 0 Å². The maximum absolute atomic E-state index is 3.72. The minimum absolute atomic E-state index is 1.09. The molecule has 0 N–H and O–H groups in total. The molecular formula is C18H10Br2. The van der Waals surface area contributed by atoms with E-state index in [-0.39, 0.29) is 0 Å². The van der Waals surface area contributed by atoms with Crippen LogP contribution in [0.5, 0.6) is 0 Å². The summed E-state index contributed by atoms with van der Waals surface area (Å²) >= 11 is 7.29. The lowest BCUT2D eigenvalue weighted by molar-refractivity contribution is 1.69. The number of hydrogen-bond acceptors (Lipinski definition) is 0. The van der Waals surface area contributed by atoms with Gasteiger partial charge in [0, 0.05) is 14.3 Å². The van der Waals surface area contributed by atoms with Crippen LogP contribution in [-0.4, -0.2) is 0 Å². The molecule has 0 bridgehead atoms. The van der Waals surface area contributed by atoms with Crippen molar-refractivity contribution in [3.63, 3.8) is 0 Å². The third-order valence-electron chi connectivity index (χ3n) is 3.74. The Morgan fingerprint density at radius 2 is 1.30 bits per heavy atom. The van der Waals surface area contributed by atoms with Gasteiger partial charge in [-0.3, -0.25) is 0 Å². The smallest absolute Gasteiger partial charge is 0.0271 e. The van der Waals surface area contributed by atoms with Crippen LogP contribution in [0.4, 0.5) is 0 Å². The summed E-state index contributed by atoms with van der Waals surface area (Å²) in [7, 11) is 0. The minimum Gasteiger partial charge on any atom is -0.0616 e. The van der Waals surface area contributed by atoms with Crippen LogP contribution in [0, 0.1) is 0 Å². The highest BCUT2D eigenvalue weighted by Gasteiger charge is 2.08. The molecule has 0 spiro atoms. The second-order valence-electron chi connectivity index (χ2n) is 4.94. The first kappa shape index (κ1) is 12.4. The van der Waals surface area contributed by atoms with Gasteiger partial charge in [0.2, 0.25) is 0 Å². The van der Waals surface area contributed by atoms with Gasteiger partial charge >= 0.3 is 0 Å². The first-order valence-electron chi connectivity index (χ1n) is 6.43. The standard InChI is InChI=1S/C18H10Br2/c19-14-9-13-8-7-12-6-5-11-3-1-2-4-15(11)17(12)18(13)16(20)10-14/h1-10H. The quantitative estimate of drug-likeness (QED) is 0.296. The van der Waals surface area contributed by atoms with E-state index in [0.717, 1.165) is 8.95 Å². The van der Waals surface area contributed by atoms with E-state index in [1.165, 1.54) is 32.3 Å². The van der Waals surface area contributed by atoms with Crippen molar-refractivity contribution < 1.29 is 0 Å². The zero-order valence-corrected chi connectivity index (χ0v) is 13.7. The Balaban J connectivity index is 2.37. The van der Waals surface area contributed by atoms with Crippen molar-refractivity contribution in [2.24, 2.45) is 0 Å². The van der Waals surface area contributed by atoms with E-state index in [2.05, 4.69) is 92.5 Å². The van der Waals surface area contributed by atoms with Crippen molar-refractivity contribution >= 4 is 64.2 Å². The van der Waals surface area contributed by atoms with Gasteiger partial charge in [0.15, 0.2) is 0 Å². The Kier molecular flexibility index (Phi) is 2.83. The summed E-state index contributed by atoms with van der Waals surface area (Å²) in [4.78, 5) is 0. The largest absolute Gasteiger partial charge is 0.0616 e. The fraction of sp³-hybridized carbons (Fsp3) is 0. The van der Waals surface area contributed by atoms with Crippen LogP contribution in [0.25, 0.3) is 32.3 Å². The fourth-order valence-electron chi connectivity index (χ4n) is 2.87. The molecule has 4 rings (SSSR count). The molecule has 0 aliphatic rings. The SMILES string of the molecule is Brc1cc(Br)c2c(ccc3ccc4ccccc4c32)c1. The van der Waals surface area contributed by atoms with Gasteiger partial charge in [-0.05, 0) is 39.1 Å². The second kappa shape index (κ2) is 4.57. The summed E-state index contributed by atoms with van der Waals surface area (Å²) in [6.07, 6.45) is 0. The maximum atomic E-state index is 3.72. The summed E-state index contributed by atoms with van der Waals surface area (Å²) in [6.45, 7) is 0. The Hall–Kier alpha value is -1.38. The van der Waals surface area contributed by atoms with E-state index in [0.29, 0.717) is 0 Å². The zero-order valence-electron chi connectivity index (χ0n) is 10.5. The highest BCUT2D eigenvalue weighted by atomic mass is 79.9. The van der Waals surface area contributed by atoms with E-state index in [1.54, 1.807) is 0 Å². The molecule has 4 aromatic carbocycles. The molecule has 0 aliphatic heterocycles. The highest BCUT2D eigenvalue weighted by molar-refractivity contribution is 9.11. The van der Waals surface area contributed by atoms with Gasteiger partial charge in [-0.25, -0.2) is 0 Å². The highest BCUT2D eigenvalue weighted by Crippen LogP contribution is 2.37. The number of fused-ring (bicyclic) bond motifs is 5. The molecule has 0 fully saturated rings. The molecule has 0 heterocycles. The molecule has 20 heavy (non-hydrogen) atoms. The Morgan fingerprint density at radius 1 is 0.600 bits per heavy atom. The number of hydrogen-bond donors (Lipinski definition) is 0. The molecule has 0 atom stereocenters. The van der Waals surface area contributed by atoms with Crippen LogP contribution in [0.15, 0.2) is 69.6 Å². The van der Waals surface area contributed by atoms with Crippen LogP contribution in [-0.2, 0) is 0 Å². The molecule has 0 saturated carbocycles.